The molecule has 0 aliphatic heterocycles. The zero-order valence-corrected chi connectivity index (χ0v) is 23.4. The molecule has 1 aromatic carbocycles. The number of anilines is 2. The minimum absolute atomic E-state index is 0.0722. The lowest BCUT2D eigenvalue weighted by Gasteiger charge is -2.20. The van der Waals surface area contributed by atoms with E-state index in [1.165, 1.54) is 35.6 Å². The summed E-state index contributed by atoms with van der Waals surface area (Å²) >= 11 is 1.23. The Morgan fingerprint density at radius 1 is 1.16 bits per heavy atom. The normalized spacial score (nSPS) is 15.1. The van der Waals surface area contributed by atoms with E-state index in [1.807, 2.05) is 33.3 Å². The Labute approximate surface area is 226 Å². The Morgan fingerprint density at radius 3 is 2.50 bits per heavy atom. The predicted molar refractivity (Wildman–Crippen MR) is 149 cm³/mol. The molecule has 1 fully saturated rings. The summed E-state index contributed by atoms with van der Waals surface area (Å²) in [6.07, 6.45) is 0.690. The summed E-state index contributed by atoms with van der Waals surface area (Å²) in [6.45, 7) is 3.01. The molecule has 4 rings (SSSR count). The lowest BCUT2D eigenvalue weighted by Crippen LogP contribution is -2.28. The number of aliphatic hydroxyl groups is 1. The summed E-state index contributed by atoms with van der Waals surface area (Å²) in [6, 6.07) is 9.73. The topological polar surface area (TPSA) is 137 Å². The van der Waals surface area contributed by atoms with Crippen molar-refractivity contribution in [3.05, 3.63) is 42.0 Å². The molecule has 1 aliphatic carbocycles. The number of likely N-dealkylation sites (N-methyl/N-ethyl adjacent to an activating group) is 2. The zero-order valence-electron chi connectivity index (χ0n) is 21.8. The molecule has 0 radical (unpaired) electrons. The number of nitrogens with zero attached hydrogens (tertiary/aromatic N) is 5. The van der Waals surface area contributed by atoms with E-state index in [2.05, 4.69) is 30.2 Å². The van der Waals surface area contributed by atoms with Crippen LogP contribution in [0.15, 0.2) is 46.4 Å². The van der Waals surface area contributed by atoms with Gasteiger partial charge in [0.05, 0.1) is 16.8 Å². The van der Waals surface area contributed by atoms with Crippen molar-refractivity contribution in [2.45, 2.75) is 36.0 Å². The third-order valence-corrected chi connectivity index (χ3v) is 9.11. The average molecular weight is 561 g/mol. The van der Waals surface area contributed by atoms with Gasteiger partial charge < -0.3 is 19.7 Å². The Balaban J connectivity index is 1.55. The number of aliphatic hydroxyl groups excluding tert-OH is 1. The summed E-state index contributed by atoms with van der Waals surface area (Å²) in [4.78, 5) is 32.7. The molecule has 3 aromatic rings. The van der Waals surface area contributed by atoms with Gasteiger partial charge in [0.15, 0.2) is 20.7 Å². The Kier molecular flexibility index (Phi) is 8.61. The van der Waals surface area contributed by atoms with Crippen molar-refractivity contribution < 1.29 is 23.2 Å². The van der Waals surface area contributed by atoms with Gasteiger partial charge in [-0.25, -0.2) is 18.4 Å². The summed E-state index contributed by atoms with van der Waals surface area (Å²) in [5.74, 6) is 0.214. The lowest BCUT2D eigenvalue weighted by molar-refractivity contribution is -0.110. The first-order chi connectivity index (χ1) is 18.1. The number of hydrogen-bond donors (Lipinski definition) is 2. The molecule has 0 unspecified atom stereocenters. The third-order valence-electron chi connectivity index (χ3n) is 5.95. The molecule has 38 heavy (non-hydrogen) atoms. The Hall–Kier alpha value is -3.13. The van der Waals surface area contributed by atoms with Gasteiger partial charge in [-0.15, -0.1) is 0 Å². The van der Waals surface area contributed by atoms with E-state index in [1.54, 1.807) is 6.92 Å². The molecule has 13 heteroatoms. The highest BCUT2D eigenvalue weighted by atomic mass is 32.2. The summed E-state index contributed by atoms with van der Waals surface area (Å²) < 4.78 is 25.1. The highest BCUT2D eigenvalue weighted by Gasteiger charge is 2.36. The van der Waals surface area contributed by atoms with Crippen LogP contribution in [0.4, 0.5) is 10.9 Å². The molecule has 1 saturated carbocycles. The first-order valence-electron chi connectivity index (χ1n) is 12.2. The number of benzene rings is 1. The second kappa shape index (κ2) is 11.7. The number of amides is 1. The monoisotopic (exact) mass is 560 g/mol. The van der Waals surface area contributed by atoms with Crippen LogP contribution in [-0.2, 0) is 19.5 Å². The molecule has 0 spiro atoms. The number of fused-ring (bicyclic) bond motifs is 1. The molecule has 2 N–H and O–H groups in total. The van der Waals surface area contributed by atoms with E-state index in [4.69, 9.17) is 4.84 Å². The molecule has 2 aromatic heterocycles. The van der Waals surface area contributed by atoms with Gasteiger partial charge in [-0.1, -0.05) is 28.6 Å². The van der Waals surface area contributed by atoms with Gasteiger partial charge in [0, 0.05) is 25.7 Å². The average Bonchev–Trinajstić information content (AvgIpc) is 3.68. The van der Waals surface area contributed by atoms with E-state index in [0.717, 1.165) is 18.9 Å². The third kappa shape index (κ3) is 6.65. The molecular formula is C25H32N6O5S2. The molecular weight excluding hydrogens is 528 g/mol. The minimum atomic E-state index is -3.37. The number of carbonyl (C=O) groups is 1. The van der Waals surface area contributed by atoms with Gasteiger partial charge >= 0.3 is 0 Å². The van der Waals surface area contributed by atoms with Gasteiger partial charge in [0.25, 0.3) is 5.91 Å². The van der Waals surface area contributed by atoms with Crippen LogP contribution < -0.4 is 10.2 Å². The molecule has 1 amide bonds. The van der Waals surface area contributed by atoms with Crippen LogP contribution in [0.3, 0.4) is 0 Å². The van der Waals surface area contributed by atoms with Gasteiger partial charge in [0.2, 0.25) is 0 Å². The number of carbonyl (C=O) groups excluding carboxylic acids is 1. The fraction of sp³-hybridized carbons (Fsp3) is 0.440. The molecule has 204 valence electrons. The van der Waals surface area contributed by atoms with Crippen molar-refractivity contribution in [1.29, 1.82) is 0 Å². The molecule has 1 atom stereocenters. The highest BCUT2D eigenvalue weighted by Crippen LogP contribution is 2.33. The van der Waals surface area contributed by atoms with E-state index < -0.39 is 21.8 Å². The maximum Gasteiger partial charge on any atom is 0.280 e. The minimum Gasteiger partial charge on any atom is -0.392 e. The number of sulfone groups is 1. The van der Waals surface area contributed by atoms with E-state index in [9.17, 15) is 18.3 Å². The van der Waals surface area contributed by atoms with Gasteiger partial charge in [-0.2, -0.15) is 0 Å². The van der Waals surface area contributed by atoms with Crippen molar-refractivity contribution in [2.24, 2.45) is 5.16 Å². The first-order valence-corrected chi connectivity index (χ1v) is 14.6. The van der Waals surface area contributed by atoms with Gasteiger partial charge in [-0.3, -0.25) is 10.1 Å². The van der Waals surface area contributed by atoms with Crippen molar-refractivity contribution in [3.8, 4) is 0 Å². The standard InChI is InChI=1S/C25H32N6O5S2/c1-16(15-32)36-29-22(17-5-7-18(8-6-17)38(34,35)19-9-10-19)23(33)28-25-26-20-11-12-21(27-24(20)37-25)31(4)14-13-30(2)3/h5-8,11-12,16,19,32H,9-10,13-15H2,1-4H3,(H,26,28,33)/t16-/m1/s1. The highest BCUT2D eigenvalue weighted by molar-refractivity contribution is 7.92. The smallest absolute Gasteiger partial charge is 0.280 e. The Morgan fingerprint density at radius 2 is 1.87 bits per heavy atom. The first kappa shape index (κ1) is 27.9. The van der Waals surface area contributed by atoms with Crippen molar-refractivity contribution in [3.63, 3.8) is 0 Å². The maximum atomic E-state index is 13.2. The van der Waals surface area contributed by atoms with Crippen molar-refractivity contribution in [1.82, 2.24) is 14.9 Å². The van der Waals surface area contributed by atoms with Crippen LogP contribution in [-0.4, -0.2) is 92.2 Å². The van der Waals surface area contributed by atoms with Crippen LogP contribution in [0.25, 0.3) is 10.3 Å². The van der Waals surface area contributed by atoms with E-state index >= 15 is 0 Å². The number of aromatic nitrogens is 2. The van der Waals surface area contributed by atoms with Crippen LogP contribution in [0, 0.1) is 0 Å². The molecule has 1 aliphatic rings. The number of nitrogens with one attached hydrogen (secondary N) is 1. The number of oxime groups is 1. The zero-order chi connectivity index (χ0) is 27.4. The quantitative estimate of drug-likeness (QED) is 0.253. The number of hydrogen-bond acceptors (Lipinski definition) is 11. The molecule has 11 nitrogen and oxygen atoms in total. The molecule has 2 heterocycles. The van der Waals surface area contributed by atoms with E-state index in [0.29, 0.717) is 33.9 Å². The SMILES string of the molecule is C[C@H](CO)ON=C(C(=O)Nc1nc2ccc(N(C)CCN(C)C)nc2s1)c1ccc(S(=O)(=O)C2CC2)cc1. The van der Waals surface area contributed by atoms with Crippen LogP contribution in [0.2, 0.25) is 0 Å². The van der Waals surface area contributed by atoms with Crippen LogP contribution >= 0.6 is 11.3 Å². The largest absolute Gasteiger partial charge is 0.392 e. The summed E-state index contributed by atoms with van der Waals surface area (Å²) in [5.41, 5.74) is 0.941. The maximum absolute atomic E-state index is 13.2. The molecule has 0 bridgehead atoms. The fourth-order valence-corrected chi connectivity index (χ4v) is 5.95. The lowest BCUT2D eigenvalue weighted by atomic mass is 10.1. The summed E-state index contributed by atoms with van der Waals surface area (Å²) in [7, 11) is 2.63. The van der Waals surface area contributed by atoms with Gasteiger partial charge in [-0.05, 0) is 58.1 Å². The van der Waals surface area contributed by atoms with E-state index in [-0.39, 0.29) is 22.5 Å². The fourth-order valence-electron chi connectivity index (χ4n) is 3.47. The number of pyridine rings is 1. The van der Waals surface area contributed by atoms with Crippen molar-refractivity contribution >= 4 is 54.1 Å². The van der Waals surface area contributed by atoms with Crippen molar-refractivity contribution in [2.75, 3.05) is 51.1 Å². The summed E-state index contributed by atoms with van der Waals surface area (Å²) in [5, 5.41) is 16.0. The second-order valence-electron chi connectivity index (χ2n) is 9.50. The second-order valence-corrected chi connectivity index (χ2v) is 12.7. The number of thiazole rings is 1. The van der Waals surface area contributed by atoms with Crippen LogP contribution in [0.1, 0.15) is 25.3 Å². The van der Waals surface area contributed by atoms with Gasteiger partial charge in [0.1, 0.15) is 22.3 Å². The Bertz CT molecular complexity index is 1420. The molecule has 0 saturated heterocycles. The van der Waals surface area contributed by atoms with Crippen LogP contribution in [0.5, 0.6) is 0 Å². The number of rotatable bonds is 12. The predicted octanol–water partition coefficient (Wildman–Crippen LogP) is 2.37.